The van der Waals surface area contributed by atoms with Crippen LogP contribution in [0.4, 0.5) is 17.1 Å². The van der Waals surface area contributed by atoms with Crippen LogP contribution in [0.3, 0.4) is 0 Å². The molecule has 1 atom stereocenters. The maximum Gasteiger partial charge on any atom is 0.136 e. The van der Waals surface area contributed by atoms with Crippen molar-refractivity contribution in [1.29, 1.82) is 0 Å². The van der Waals surface area contributed by atoms with Gasteiger partial charge >= 0.3 is 0 Å². The number of rotatable bonds is 6. The molecule has 0 fully saturated rings. The van der Waals surface area contributed by atoms with Gasteiger partial charge in [0.25, 0.3) is 0 Å². The van der Waals surface area contributed by atoms with Gasteiger partial charge in [-0.3, -0.25) is 0 Å². The molecule has 116 valence electrons. The van der Waals surface area contributed by atoms with Crippen molar-refractivity contribution >= 4 is 17.1 Å². The maximum atomic E-state index is 12.4. The molecule has 0 heterocycles. The summed E-state index contributed by atoms with van der Waals surface area (Å²) in [5.74, 6) is 0. The Labute approximate surface area is 131 Å². The van der Waals surface area contributed by atoms with E-state index in [1.54, 1.807) is 24.3 Å². The fraction of sp³-hybridized carbons (Fsp3) is 0.333. The predicted molar refractivity (Wildman–Crippen MR) is 89.9 cm³/mol. The molecule has 4 heteroatoms. The molecule has 4 nitrogen and oxygen atoms in total. The quantitative estimate of drug-likeness (QED) is 0.630. The van der Waals surface area contributed by atoms with Crippen molar-refractivity contribution in [2.24, 2.45) is 5.18 Å². The molecular formula is C18H22N2O2. The van der Waals surface area contributed by atoms with Crippen LogP contribution >= 0.6 is 0 Å². The summed E-state index contributed by atoms with van der Waals surface area (Å²) in [5.41, 5.74) is 2.96. The first-order valence-electron chi connectivity index (χ1n) is 7.62. The fourth-order valence-corrected chi connectivity index (χ4v) is 2.52. The SMILES string of the molecule is CCC(C)(CC)c1ccc([NH+]([O-])c2ccc(N=O)cc2)cc1. The summed E-state index contributed by atoms with van der Waals surface area (Å²) in [6, 6.07) is 14.2. The minimum atomic E-state index is -0.0429. The molecule has 0 saturated heterocycles. The number of benzene rings is 2. The molecule has 0 bridgehead atoms. The van der Waals surface area contributed by atoms with Crippen molar-refractivity contribution in [2.75, 3.05) is 0 Å². The van der Waals surface area contributed by atoms with Gasteiger partial charge in [-0.25, -0.2) is 0 Å². The summed E-state index contributed by atoms with van der Waals surface area (Å²) in [6.45, 7) is 6.62. The van der Waals surface area contributed by atoms with E-state index >= 15 is 0 Å². The minimum Gasteiger partial charge on any atom is -0.623 e. The second-order valence-electron chi connectivity index (χ2n) is 5.81. The highest BCUT2D eigenvalue weighted by molar-refractivity contribution is 5.46. The van der Waals surface area contributed by atoms with E-state index in [9.17, 15) is 10.1 Å². The van der Waals surface area contributed by atoms with Gasteiger partial charge in [-0.05, 0) is 41.1 Å². The third-order valence-corrected chi connectivity index (χ3v) is 4.64. The lowest BCUT2D eigenvalue weighted by molar-refractivity contribution is -0.698. The van der Waals surface area contributed by atoms with E-state index in [4.69, 9.17) is 0 Å². The third kappa shape index (κ3) is 3.24. The summed E-state index contributed by atoms with van der Waals surface area (Å²) in [4.78, 5) is 10.4. The molecule has 1 N–H and O–H groups in total. The molecular weight excluding hydrogens is 276 g/mol. The minimum absolute atomic E-state index is 0.0429. The molecule has 22 heavy (non-hydrogen) atoms. The molecule has 0 radical (unpaired) electrons. The smallest absolute Gasteiger partial charge is 0.136 e. The van der Waals surface area contributed by atoms with E-state index in [-0.39, 0.29) is 10.5 Å². The molecule has 2 rings (SSSR count). The van der Waals surface area contributed by atoms with Crippen LogP contribution in [0.2, 0.25) is 0 Å². The lowest BCUT2D eigenvalue weighted by Crippen LogP contribution is -2.96. The highest BCUT2D eigenvalue weighted by atomic mass is 16.5. The van der Waals surface area contributed by atoms with Crippen LogP contribution in [0.1, 0.15) is 39.2 Å². The van der Waals surface area contributed by atoms with E-state index in [0.717, 1.165) is 12.8 Å². The van der Waals surface area contributed by atoms with Gasteiger partial charge in [0.1, 0.15) is 17.1 Å². The second-order valence-corrected chi connectivity index (χ2v) is 5.81. The number of quaternary nitrogens is 1. The van der Waals surface area contributed by atoms with Crippen LogP contribution in [-0.4, -0.2) is 0 Å². The highest BCUT2D eigenvalue weighted by Crippen LogP contribution is 2.31. The molecule has 0 amide bonds. The van der Waals surface area contributed by atoms with Crippen molar-refractivity contribution < 1.29 is 5.06 Å². The summed E-state index contributed by atoms with van der Waals surface area (Å²) in [6.07, 6.45) is 2.13. The third-order valence-electron chi connectivity index (χ3n) is 4.64. The number of hydrogen-bond acceptors (Lipinski definition) is 3. The Morgan fingerprint density at radius 3 is 1.82 bits per heavy atom. The Balaban J connectivity index is 2.23. The first kappa shape index (κ1) is 16.3. The van der Waals surface area contributed by atoms with Crippen LogP contribution in [0.5, 0.6) is 0 Å². The Morgan fingerprint density at radius 1 is 0.955 bits per heavy atom. The van der Waals surface area contributed by atoms with Gasteiger partial charge in [0.2, 0.25) is 0 Å². The van der Waals surface area contributed by atoms with E-state index < -0.39 is 0 Å². The maximum absolute atomic E-state index is 12.4. The van der Waals surface area contributed by atoms with Crippen molar-refractivity contribution in [1.82, 2.24) is 0 Å². The van der Waals surface area contributed by atoms with E-state index in [1.165, 1.54) is 5.56 Å². The average Bonchev–Trinajstić information content (AvgIpc) is 2.60. The zero-order chi connectivity index (χ0) is 16.2. The molecule has 0 aliphatic rings. The number of nitroso groups, excluding NO2 is 1. The number of hydrogen-bond donors (Lipinski definition) is 1. The predicted octanol–water partition coefficient (Wildman–Crippen LogP) is 4.51. The molecule has 1 unspecified atom stereocenters. The van der Waals surface area contributed by atoms with Crippen LogP contribution in [0, 0.1) is 10.1 Å². The Bertz CT molecular complexity index is 617. The van der Waals surface area contributed by atoms with Gasteiger partial charge in [-0.1, -0.05) is 32.9 Å². The molecule has 2 aromatic rings. The highest BCUT2D eigenvalue weighted by Gasteiger charge is 2.22. The summed E-state index contributed by atoms with van der Waals surface area (Å²) in [5, 5.41) is 15.2. The Morgan fingerprint density at radius 2 is 1.41 bits per heavy atom. The lowest BCUT2D eigenvalue weighted by Gasteiger charge is -2.28. The molecule has 0 aliphatic carbocycles. The van der Waals surface area contributed by atoms with Crippen LogP contribution in [0.15, 0.2) is 53.7 Å². The van der Waals surface area contributed by atoms with E-state index in [1.807, 2.05) is 24.3 Å². The lowest BCUT2D eigenvalue weighted by atomic mass is 9.78. The van der Waals surface area contributed by atoms with Gasteiger partial charge in [0, 0.05) is 24.3 Å². The van der Waals surface area contributed by atoms with Crippen LogP contribution in [0.25, 0.3) is 0 Å². The van der Waals surface area contributed by atoms with Crippen LogP contribution < -0.4 is 5.06 Å². The van der Waals surface area contributed by atoms with E-state index in [0.29, 0.717) is 17.1 Å². The van der Waals surface area contributed by atoms with Gasteiger partial charge in [0.05, 0.1) is 0 Å². The molecule has 0 aromatic heterocycles. The van der Waals surface area contributed by atoms with Crippen molar-refractivity contribution in [3.63, 3.8) is 0 Å². The Hall–Kier alpha value is -2.04. The van der Waals surface area contributed by atoms with Crippen molar-refractivity contribution in [3.8, 4) is 0 Å². The van der Waals surface area contributed by atoms with Crippen molar-refractivity contribution in [3.05, 3.63) is 64.2 Å². The molecule has 0 spiro atoms. The normalized spacial score (nSPS) is 12.9. The summed E-state index contributed by atoms with van der Waals surface area (Å²) < 4.78 is 0. The van der Waals surface area contributed by atoms with Crippen LogP contribution in [-0.2, 0) is 5.41 Å². The Kier molecular flexibility index (Phi) is 5.06. The van der Waals surface area contributed by atoms with Crippen molar-refractivity contribution in [2.45, 2.75) is 39.0 Å². The molecule has 0 saturated carbocycles. The second kappa shape index (κ2) is 6.81. The zero-order valence-corrected chi connectivity index (χ0v) is 13.3. The van der Waals surface area contributed by atoms with E-state index in [2.05, 4.69) is 25.9 Å². The molecule has 0 aliphatic heterocycles. The topological polar surface area (TPSA) is 56.9 Å². The number of nitrogens with zero attached hydrogens (tertiary/aromatic N) is 1. The summed E-state index contributed by atoms with van der Waals surface area (Å²) >= 11 is 0. The average molecular weight is 298 g/mol. The summed E-state index contributed by atoms with van der Waals surface area (Å²) in [7, 11) is 0. The van der Waals surface area contributed by atoms with Gasteiger partial charge in [-0.2, -0.15) is 0 Å². The monoisotopic (exact) mass is 298 g/mol. The largest absolute Gasteiger partial charge is 0.623 e. The standard InChI is InChI=1S/C18H22N2O2/c1-4-18(3,5-2)14-6-10-16(11-7-14)20(22)17-12-8-15(19-21)9-13-17/h6-13,20H,4-5H2,1-3H3. The fourth-order valence-electron chi connectivity index (χ4n) is 2.52. The molecule has 2 aromatic carbocycles. The van der Waals surface area contributed by atoms with Gasteiger partial charge < -0.3 is 10.3 Å². The number of nitrogens with one attached hydrogen (secondary N) is 1. The van der Waals surface area contributed by atoms with Gasteiger partial charge in [0.15, 0.2) is 0 Å². The van der Waals surface area contributed by atoms with Gasteiger partial charge in [-0.15, -0.1) is 4.91 Å². The first-order chi connectivity index (χ1) is 10.5. The first-order valence-corrected chi connectivity index (χ1v) is 7.62. The zero-order valence-electron chi connectivity index (χ0n) is 13.3.